The fraction of sp³-hybridized carbons (Fsp3) is 0.455. The standard InChI is InChI=1S/C11H18N2O/c1-2-3-9-4-6-10(7-5-9)11(14)8-13-12/h4-7,11,13-14H,2-3,8,12H2,1H3. The average Bonchev–Trinajstić information content (AvgIpc) is 2.20. The highest BCUT2D eigenvalue weighted by Crippen LogP contribution is 2.13. The van der Waals surface area contributed by atoms with E-state index in [1.807, 2.05) is 12.1 Å². The van der Waals surface area contributed by atoms with Crippen molar-refractivity contribution in [2.75, 3.05) is 6.54 Å². The zero-order chi connectivity index (χ0) is 10.4. The average molecular weight is 194 g/mol. The second-order valence-electron chi connectivity index (χ2n) is 3.42. The second kappa shape index (κ2) is 5.75. The van der Waals surface area contributed by atoms with Gasteiger partial charge in [-0.1, -0.05) is 37.6 Å². The Bertz CT molecular complexity index is 258. The minimum absolute atomic E-state index is 0.382. The molecule has 0 aliphatic carbocycles. The van der Waals surface area contributed by atoms with Crippen LogP contribution in [0.25, 0.3) is 0 Å². The van der Waals surface area contributed by atoms with E-state index < -0.39 is 6.10 Å². The second-order valence-corrected chi connectivity index (χ2v) is 3.42. The third kappa shape index (κ3) is 3.10. The van der Waals surface area contributed by atoms with Crippen molar-refractivity contribution in [3.05, 3.63) is 35.4 Å². The molecule has 0 aromatic heterocycles. The van der Waals surface area contributed by atoms with Crippen LogP contribution in [-0.4, -0.2) is 11.7 Å². The van der Waals surface area contributed by atoms with E-state index in [1.165, 1.54) is 5.56 Å². The summed E-state index contributed by atoms with van der Waals surface area (Å²) in [5.41, 5.74) is 4.67. The van der Waals surface area contributed by atoms with Crippen molar-refractivity contribution in [1.82, 2.24) is 5.43 Å². The molecule has 0 heterocycles. The first kappa shape index (κ1) is 11.2. The van der Waals surface area contributed by atoms with Gasteiger partial charge in [-0.05, 0) is 17.5 Å². The molecule has 14 heavy (non-hydrogen) atoms. The van der Waals surface area contributed by atoms with Crippen molar-refractivity contribution in [3.63, 3.8) is 0 Å². The molecule has 0 spiro atoms. The maximum atomic E-state index is 9.60. The molecule has 0 saturated carbocycles. The lowest BCUT2D eigenvalue weighted by Crippen LogP contribution is -2.27. The van der Waals surface area contributed by atoms with Gasteiger partial charge in [0.1, 0.15) is 0 Å². The van der Waals surface area contributed by atoms with Crippen LogP contribution in [0.4, 0.5) is 0 Å². The number of nitrogens with one attached hydrogen (secondary N) is 1. The van der Waals surface area contributed by atoms with E-state index in [2.05, 4.69) is 24.5 Å². The molecule has 0 saturated heterocycles. The molecule has 0 amide bonds. The van der Waals surface area contributed by atoms with E-state index in [1.54, 1.807) is 0 Å². The van der Waals surface area contributed by atoms with Gasteiger partial charge in [0, 0.05) is 6.54 Å². The highest BCUT2D eigenvalue weighted by molar-refractivity contribution is 5.24. The first-order valence-corrected chi connectivity index (χ1v) is 4.98. The SMILES string of the molecule is CCCc1ccc(C(O)CNN)cc1. The van der Waals surface area contributed by atoms with Gasteiger partial charge in [0.25, 0.3) is 0 Å². The normalized spacial score (nSPS) is 12.8. The number of nitrogens with two attached hydrogens (primary N) is 1. The molecule has 1 rings (SSSR count). The van der Waals surface area contributed by atoms with Gasteiger partial charge in [-0.15, -0.1) is 0 Å². The highest BCUT2D eigenvalue weighted by atomic mass is 16.3. The third-order valence-electron chi connectivity index (χ3n) is 2.21. The molecular weight excluding hydrogens is 176 g/mol. The van der Waals surface area contributed by atoms with Crippen LogP contribution in [0, 0.1) is 0 Å². The molecule has 0 bridgehead atoms. The molecule has 1 aromatic rings. The van der Waals surface area contributed by atoms with Gasteiger partial charge in [-0.3, -0.25) is 11.3 Å². The predicted molar refractivity (Wildman–Crippen MR) is 57.6 cm³/mol. The van der Waals surface area contributed by atoms with Gasteiger partial charge in [0.05, 0.1) is 6.10 Å². The molecule has 78 valence electrons. The molecule has 3 nitrogen and oxygen atoms in total. The first-order chi connectivity index (χ1) is 6.77. The monoisotopic (exact) mass is 194 g/mol. The lowest BCUT2D eigenvalue weighted by atomic mass is 10.0. The van der Waals surface area contributed by atoms with Crippen molar-refractivity contribution >= 4 is 0 Å². The fourth-order valence-corrected chi connectivity index (χ4v) is 1.42. The summed E-state index contributed by atoms with van der Waals surface area (Å²) in [6.45, 7) is 2.54. The molecular formula is C11H18N2O. The molecule has 0 aliphatic rings. The lowest BCUT2D eigenvalue weighted by Gasteiger charge is -2.10. The Morgan fingerprint density at radius 3 is 2.50 bits per heavy atom. The number of aliphatic hydroxyl groups excluding tert-OH is 1. The molecule has 0 radical (unpaired) electrons. The Hall–Kier alpha value is -0.900. The van der Waals surface area contributed by atoms with Gasteiger partial charge in [-0.2, -0.15) is 0 Å². The van der Waals surface area contributed by atoms with E-state index in [4.69, 9.17) is 5.84 Å². The zero-order valence-electron chi connectivity index (χ0n) is 8.53. The minimum atomic E-state index is -0.518. The Labute approximate surface area is 84.9 Å². The Kier molecular flexibility index (Phi) is 4.59. The minimum Gasteiger partial charge on any atom is -0.387 e. The van der Waals surface area contributed by atoms with E-state index in [0.717, 1.165) is 18.4 Å². The predicted octanol–water partition coefficient (Wildman–Crippen LogP) is 1.14. The number of hydrogen-bond acceptors (Lipinski definition) is 3. The van der Waals surface area contributed by atoms with E-state index >= 15 is 0 Å². The van der Waals surface area contributed by atoms with Crippen LogP contribution >= 0.6 is 0 Å². The number of rotatable bonds is 5. The summed E-state index contributed by atoms with van der Waals surface area (Å²) in [5, 5.41) is 9.60. The van der Waals surface area contributed by atoms with Crippen LogP contribution in [0.5, 0.6) is 0 Å². The van der Waals surface area contributed by atoms with Crippen LogP contribution in [-0.2, 0) is 6.42 Å². The maximum absolute atomic E-state index is 9.60. The number of aryl methyl sites for hydroxylation is 1. The molecule has 1 aromatic carbocycles. The molecule has 0 fully saturated rings. The van der Waals surface area contributed by atoms with Crippen molar-refractivity contribution in [2.45, 2.75) is 25.9 Å². The zero-order valence-corrected chi connectivity index (χ0v) is 8.53. The third-order valence-corrected chi connectivity index (χ3v) is 2.21. The van der Waals surface area contributed by atoms with Crippen molar-refractivity contribution in [1.29, 1.82) is 0 Å². The van der Waals surface area contributed by atoms with Crippen molar-refractivity contribution < 1.29 is 5.11 Å². The Morgan fingerprint density at radius 2 is 2.00 bits per heavy atom. The Morgan fingerprint density at radius 1 is 1.36 bits per heavy atom. The summed E-state index contributed by atoms with van der Waals surface area (Å²) in [4.78, 5) is 0. The summed E-state index contributed by atoms with van der Waals surface area (Å²) in [5.74, 6) is 5.13. The summed E-state index contributed by atoms with van der Waals surface area (Å²) in [7, 11) is 0. The highest BCUT2D eigenvalue weighted by Gasteiger charge is 2.05. The topological polar surface area (TPSA) is 58.3 Å². The van der Waals surface area contributed by atoms with Crippen molar-refractivity contribution in [3.8, 4) is 0 Å². The smallest absolute Gasteiger partial charge is 0.0928 e. The Balaban J connectivity index is 2.62. The van der Waals surface area contributed by atoms with Gasteiger partial charge in [0.15, 0.2) is 0 Å². The van der Waals surface area contributed by atoms with Crippen LogP contribution in [0.1, 0.15) is 30.6 Å². The quantitative estimate of drug-likeness (QED) is 0.486. The first-order valence-electron chi connectivity index (χ1n) is 4.98. The van der Waals surface area contributed by atoms with E-state index in [0.29, 0.717) is 6.54 Å². The molecule has 1 atom stereocenters. The lowest BCUT2D eigenvalue weighted by molar-refractivity contribution is 0.175. The van der Waals surface area contributed by atoms with E-state index in [-0.39, 0.29) is 0 Å². The maximum Gasteiger partial charge on any atom is 0.0928 e. The van der Waals surface area contributed by atoms with Crippen LogP contribution < -0.4 is 11.3 Å². The molecule has 3 heteroatoms. The summed E-state index contributed by atoms with van der Waals surface area (Å²) >= 11 is 0. The van der Waals surface area contributed by atoms with Gasteiger partial charge in [0.2, 0.25) is 0 Å². The van der Waals surface area contributed by atoms with Crippen LogP contribution in [0.2, 0.25) is 0 Å². The number of benzene rings is 1. The van der Waals surface area contributed by atoms with Gasteiger partial charge < -0.3 is 5.11 Å². The summed E-state index contributed by atoms with van der Waals surface area (Å²) in [6.07, 6.45) is 1.72. The van der Waals surface area contributed by atoms with Crippen LogP contribution in [0.3, 0.4) is 0 Å². The van der Waals surface area contributed by atoms with E-state index in [9.17, 15) is 5.11 Å². The largest absolute Gasteiger partial charge is 0.387 e. The molecule has 0 aliphatic heterocycles. The van der Waals surface area contributed by atoms with Gasteiger partial charge in [-0.25, -0.2) is 0 Å². The fourth-order valence-electron chi connectivity index (χ4n) is 1.42. The van der Waals surface area contributed by atoms with Crippen molar-refractivity contribution in [2.24, 2.45) is 5.84 Å². The summed E-state index contributed by atoms with van der Waals surface area (Å²) < 4.78 is 0. The number of hydrogen-bond donors (Lipinski definition) is 3. The number of aliphatic hydroxyl groups is 1. The van der Waals surface area contributed by atoms with Gasteiger partial charge >= 0.3 is 0 Å². The number of hydrazine groups is 1. The van der Waals surface area contributed by atoms with Crippen LogP contribution in [0.15, 0.2) is 24.3 Å². The molecule has 4 N–H and O–H groups in total. The summed E-state index contributed by atoms with van der Waals surface area (Å²) in [6, 6.07) is 8.01. The molecule has 1 unspecified atom stereocenters.